The van der Waals surface area contributed by atoms with Gasteiger partial charge in [0.05, 0.1) is 12.1 Å². The van der Waals surface area contributed by atoms with Gasteiger partial charge in [-0.1, -0.05) is 12.1 Å². The maximum Gasteiger partial charge on any atom is 0.322 e. The van der Waals surface area contributed by atoms with Gasteiger partial charge in [-0.15, -0.1) is 0 Å². The molecule has 4 rings (SSSR count). The molecule has 1 aromatic rings. The van der Waals surface area contributed by atoms with E-state index in [0.717, 1.165) is 11.3 Å². The number of carboxylic acid groups (broad SMARTS) is 1. The van der Waals surface area contributed by atoms with Crippen molar-refractivity contribution in [1.29, 1.82) is 0 Å². The van der Waals surface area contributed by atoms with E-state index in [1.807, 2.05) is 24.3 Å². The Balaban J connectivity index is 1.52. The molecule has 0 aromatic heterocycles. The average molecular weight is 444 g/mol. The zero-order chi connectivity index (χ0) is 22.7. The number of benzene rings is 1. The van der Waals surface area contributed by atoms with Crippen LogP contribution in [-0.2, 0) is 30.5 Å². The number of aliphatic carboxylic acids is 1. The molecule has 1 aliphatic carbocycles. The van der Waals surface area contributed by atoms with E-state index in [9.17, 15) is 19.2 Å². The van der Waals surface area contributed by atoms with Crippen molar-refractivity contribution in [2.75, 3.05) is 26.4 Å². The van der Waals surface area contributed by atoms with Crippen LogP contribution in [0.3, 0.4) is 0 Å². The number of hydrogen-bond acceptors (Lipinski definition) is 6. The Kier molecular flexibility index (Phi) is 6.45. The van der Waals surface area contributed by atoms with Crippen molar-refractivity contribution in [3.63, 3.8) is 0 Å². The number of carboxylic acids is 1. The number of nitrogens with one attached hydrogen (secondary N) is 1. The van der Waals surface area contributed by atoms with Crippen LogP contribution in [0.4, 0.5) is 0 Å². The van der Waals surface area contributed by atoms with Gasteiger partial charge in [-0.05, 0) is 49.3 Å². The molecule has 2 amide bonds. The molecule has 172 valence electrons. The molecule has 1 saturated carbocycles. The molecule has 32 heavy (non-hydrogen) atoms. The van der Waals surface area contributed by atoms with E-state index in [1.165, 1.54) is 12.8 Å². The Bertz CT molecular complexity index is 888. The van der Waals surface area contributed by atoms with Gasteiger partial charge in [0.2, 0.25) is 11.8 Å². The molecular weight excluding hydrogens is 416 g/mol. The second kappa shape index (κ2) is 9.28. The van der Waals surface area contributed by atoms with Gasteiger partial charge in [0.15, 0.2) is 11.7 Å². The zero-order valence-corrected chi connectivity index (χ0v) is 17.9. The predicted octanol–water partition coefficient (Wildman–Crippen LogP) is 1.14. The van der Waals surface area contributed by atoms with Gasteiger partial charge < -0.3 is 24.8 Å². The number of piperidine rings is 1. The first-order chi connectivity index (χ1) is 15.4. The van der Waals surface area contributed by atoms with Crippen molar-refractivity contribution in [1.82, 2.24) is 10.2 Å². The van der Waals surface area contributed by atoms with Gasteiger partial charge in [-0.3, -0.25) is 19.2 Å². The SMILES string of the molecule is O=C(O)CNC(=O)C1C(=O)CC2(CCOCC2)N(Cc2ccc(OCC3CC3)cc2)C1=O. The van der Waals surface area contributed by atoms with Gasteiger partial charge in [0.25, 0.3) is 0 Å². The quantitative estimate of drug-likeness (QED) is 0.577. The number of carbonyl (C=O) groups excluding carboxylic acids is 3. The van der Waals surface area contributed by atoms with Gasteiger partial charge in [-0.2, -0.15) is 0 Å². The maximum absolute atomic E-state index is 13.4. The molecule has 0 bridgehead atoms. The van der Waals surface area contributed by atoms with E-state index < -0.39 is 41.6 Å². The molecule has 1 unspecified atom stereocenters. The third-order valence-corrected chi connectivity index (χ3v) is 6.46. The Labute approximate surface area is 186 Å². The lowest BCUT2D eigenvalue weighted by atomic mass is 9.75. The number of hydrogen-bond donors (Lipinski definition) is 2. The maximum atomic E-state index is 13.4. The zero-order valence-electron chi connectivity index (χ0n) is 17.9. The first-order valence-corrected chi connectivity index (χ1v) is 11.0. The lowest BCUT2D eigenvalue weighted by Crippen LogP contribution is -2.64. The highest BCUT2D eigenvalue weighted by atomic mass is 16.5. The van der Waals surface area contributed by atoms with Gasteiger partial charge in [0.1, 0.15) is 12.3 Å². The fraction of sp³-hybridized carbons (Fsp3) is 0.565. The number of ether oxygens (including phenoxy) is 2. The number of carbonyl (C=O) groups is 4. The minimum atomic E-state index is -1.52. The molecular formula is C23H28N2O7. The van der Waals surface area contributed by atoms with Crippen molar-refractivity contribution in [2.24, 2.45) is 11.8 Å². The highest BCUT2D eigenvalue weighted by molar-refractivity contribution is 6.20. The summed E-state index contributed by atoms with van der Waals surface area (Å²) in [4.78, 5) is 51.1. The van der Waals surface area contributed by atoms with E-state index in [4.69, 9.17) is 14.6 Å². The van der Waals surface area contributed by atoms with E-state index in [-0.39, 0.29) is 13.0 Å². The smallest absolute Gasteiger partial charge is 0.322 e. The van der Waals surface area contributed by atoms with Crippen molar-refractivity contribution in [3.05, 3.63) is 29.8 Å². The fourth-order valence-corrected chi connectivity index (χ4v) is 4.39. The molecule has 2 N–H and O–H groups in total. The molecule has 9 heteroatoms. The van der Waals surface area contributed by atoms with Crippen molar-refractivity contribution < 1.29 is 33.8 Å². The Morgan fingerprint density at radius 1 is 1.16 bits per heavy atom. The minimum Gasteiger partial charge on any atom is -0.493 e. The molecule has 2 aliphatic heterocycles. The second-order valence-electron chi connectivity index (χ2n) is 8.85. The number of nitrogens with zero attached hydrogens (tertiary/aromatic N) is 1. The van der Waals surface area contributed by atoms with E-state index >= 15 is 0 Å². The molecule has 0 radical (unpaired) electrons. The van der Waals surface area contributed by atoms with E-state index in [1.54, 1.807) is 4.90 Å². The molecule has 3 aliphatic rings. The number of Topliss-reactive ketones (excluding diaryl/α,β-unsaturated/α-hetero) is 1. The molecule has 1 spiro atoms. The molecule has 9 nitrogen and oxygen atoms in total. The van der Waals surface area contributed by atoms with E-state index in [0.29, 0.717) is 38.6 Å². The molecule has 2 heterocycles. The highest BCUT2D eigenvalue weighted by Crippen LogP contribution is 2.39. The Morgan fingerprint density at radius 3 is 2.47 bits per heavy atom. The van der Waals surface area contributed by atoms with Crippen LogP contribution in [-0.4, -0.2) is 65.5 Å². The minimum absolute atomic E-state index is 0.0514. The summed E-state index contributed by atoms with van der Waals surface area (Å²) in [5.41, 5.74) is 0.166. The van der Waals surface area contributed by atoms with Crippen LogP contribution in [0.5, 0.6) is 5.75 Å². The molecule has 1 atom stereocenters. The topological polar surface area (TPSA) is 122 Å². The predicted molar refractivity (Wildman–Crippen MR) is 112 cm³/mol. The first-order valence-electron chi connectivity index (χ1n) is 11.0. The lowest BCUT2D eigenvalue weighted by Gasteiger charge is -2.50. The summed E-state index contributed by atoms with van der Waals surface area (Å²) in [6.07, 6.45) is 3.49. The summed E-state index contributed by atoms with van der Waals surface area (Å²) in [5, 5.41) is 11.0. The summed E-state index contributed by atoms with van der Waals surface area (Å²) in [6.45, 7) is 1.18. The van der Waals surface area contributed by atoms with Crippen LogP contribution in [0.25, 0.3) is 0 Å². The third-order valence-electron chi connectivity index (χ3n) is 6.46. The van der Waals surface area contributed by atoms with Gasteiger partial charge in [-0.25, -0.2) is 0 Å². The van der Waals surface area contributed by atoms with Gasteiger partial charge >= 0.3 is 5.97 Å². The molecule has 3 fully saturated rings. The van der Waals surface area contributed by atoms with Crippen LogP contribution >= 0.6 is 0 Å². The summed E-state index contributed by atoms with van der Waals surface area (Å²) in [6, 6.07) is 7.51. The Hall–Kier alpha value is -2.94. The normalized spacial score (nSPS) is 22.6. The number of amides is 2. The number of likely N-dealkylation sites (tertiary alicyclic amines) is 1. The second-order valence-corrected chi connectivity index (χ2v) is 8.85. The fourth-order valence-electron chi connectivity index (χ4n) is 4.39. The summed E-state index contributed by atoms with van der Waals surface area (Å²) < 4.78 is 11.2. The van der Waals surface area contributed by atoms with E-state index in [2.05, 4.69) is 5.32 Å². The van der Waals surface area contributed by atoms with Crippen LogP contribution in [0.1, 0.15) is 37.7 Å². The third kappa shape index (κ3) is 4.93. The van der Waals surface area contributed by atoms with Crippen LogP contribution < -0.4 is 10.1 Å². The monoisotopic (exact) mass is 444 g/mol. The Morgan fingerprint density at radius 2 is 1.84 bits per heavy atom. The van der Waals surface area contributed by atoms with Gasteiger partial charge in [0, 0.05) is 26.2 Å². The van der Waals surface area contributed by atoms with Crippen molar-refractivity contribution in [2.45, 2.75) is 44.2 Å². The first kappa shape index (κ1) is 22.3. The summed E-state index contributed by atoms with van der Waals surface area (Å²) >= 11 is 0. The highest BCUT2D eigenvalue weighted by Gasteiger charge is 2.53. The standard InChI is InChI=1S/C23H28N2O7/c26-18-11-23(7-9-31-10-8-23)25(22(30)20(18)21(29)24-12-19(27)28)13-15-3-5-17(6-4-15)32-14-16-1-2-16/h3-6,16,20H,1-2,7-14H2,(H,24,29)(H,27,28). The van der Waals surface area contributed by atoms with Crippen LogP contribution in [0, 0.1) is 11.8 Å². The van der Waals surface area contributed by atoms with Crippen molar-refractivity contribution in [3.8, 4) is 5.75 Å². The number of rotatable bonds is 8. The number of ketones is 1. The summed E-state index contributed by atoms with van der Waals surface area (Å²) in [5.74, 6) is -3.26. The average Bonchev–Trinajstić information content (AvgIpc) is 3.60. The van der Waals surface area contributed by atoms with Crippen LogP contribution in [0.15, 0.2) is 24.3 Å². The largest absolute Gasteiger partial charge is 0.493 e. The van der Waals surface area contributed by atoms with Crippen LogP contribution in [0.2, 0.25) is 0 Å². The molecule has 2 saturated heterocycles. The van der Waals surface area contributed by atoms with Crippen molar-refractivity contribution >= 4 is 23.6 Å². The summed E-state index contributed by atoms with van der Waals surface area (Å²) in [7, 11) is 0. The lowest BCUT2D eigenvalue weighted by molar-refractivity contribution is -0.164. The molecule has 1 aromatic carbocycles.